The van der Waals surface area contributed by atoms with Gasteiger partial charge in [0.15, 0.2) is 0 Å². The van der Waals surface area contributed by atoms with Gasteiger partial charge in [-0.2, -0.15) is 0 Å². The Morgan fingerprint density at radius 2 is 2.25 bits per heavy atom. The van der Waals surface area contributed by atoms with E-state index in [2.05, 4.69) is 4.98 Å². The first-order chi connectivity index (χ1) is 5.18. The maximum atomic E-state index is 10.4. The predicted octanol–water partition coefficient (Wildman–Crippen LogP) is -1.57. The van der Waals surface area contributed by atoms with Crippen LogP contribution >= 0.6 is 0 Å². The van der Waals surface area contributed by atoms with Crippen LogP contribution in [0.3, 0.4) is 0 Å². The summed E-state index contributed by atoms with van der Waals surface area (Å²) in [5, 5.41) is 0. The molecule has 0 aliphatic heterocycles. The van der Waals surface area contributed by atoms with Crippen LogP contribution in [0.5, 0.6) is 5.88 Å². The van der Waals surface area contributed by atoms with Gasteiger partial charge in [-0.1, -0.05) is 6.07 Å². The Balaban J connectivity index is 0. The molecular weight excluding hydrogens is 181 g/mol. The molecule has 0 amide bonds. The summed E-state index contributed by atoms with van der Waals surface area (Å²) in [6.07, 6.45) is 1.65. The van der Waals surface area contributed by atoms with Crippen LogP contribution in [0.25, 0.3) is 0 Å². The molecule has 0 aromatic carbocycles. The molecule has 12 heavy (non-hydrogen) atoms. The molecule has 0 spiro atoms. The quantitative estimate of drug-likeness (QED) is 0.398. The fourth-order valence-electron chi connectivity index (χ4n) is 0.662. The zero-order valence-electron chi connectivity index (χ0n) is 8.50. The molecule has 1 aromatic heterocycles. The summed E-state index contributed by atoms with van der Waals surface area (Å²) in [4.78, 5) is 14.3. The van der Waals surface area contributed by atoms with Gasteiger partial charge in [-0.15, -0.1) is 0 Å². The van der Waals surface area contributed by atoms with Gasteiger partial charge in [-0.05, 0) is 12.5 Å². The van der Waals surface area contributed by atoms with Gasteiger partial charge >= 0.3 is 57.4 Å². The molecule has 1 rings (SSSR count). The van der Waals surface area contributed by atoms with Gasteiger partial charge in [0.25, 0.3) is 0 Å². The molecule has 0 bridgehead atoms. The summed E-state index contributed by atoms with van der Waals surface area (Å²) in [6, 6.07) is 3.50. The van der Waals surface area contributed by atoms with Crippen LogP contribution < -0.4 is 56.1 Å². The first-order valence-electron chi connectivity index (χ1n) is 3.29. The van der Waals surface area contributed by atoms with Gasteiger partial charge in [0.2, 0.25) is 5.88 Å². The van der Waals surface area contributed by atoms with Crippen molar-refractivity contribution in [2.75, 3.05) is 0 Å². The van der Waals surface area contributed by atoms with Gasteiger partial charge in [-0.3, -0.25) is 4.79 Å². The largest absolute Gasteiger partial charge is 1.00 e. The van der Waals surface area contributed by atoms with Crippen LogP contribution in [0.15, 0.2) is 18.3 Å². The Morgan fingerprint density at radius 3 is 2.67 bits per heavy atom. The van der Waals surface area contributed by atoms with Crippen LogP contribution in [0, 0.1) is 6.92 Å². The molecule has 0 saturated heterocycles. The second-order valence-corrected chi connectivity index (χ2v) is 2.27. The fourth-order valence-corrected chi connectivity index (χ4v) is 0.662. The number of ether oxygens (including phenoxy) is 1. The van der Waals surface area contributed by atoms with E-state index in [1.54, 1.807) is 12.3 Å². The van der Waals surface area contributed by atoms with Crippen molar-refractivity contribution in [1.29, 1.82) is 0 Å². The van der Waals surface area contributed by atoms with Crippen LogP contribution in [0.2, 0.25) is 0 Å². The second kappa shape index (κ2) is 5.83. The number of hydrogen-bond donors (Lipinski definition) is 0. The smallest absolute Gasteiger partial charge is 1.00 e. The maximum Gasteiger partial charge on any atom is 1.00 e. The van der Waals surface area contributed by atoms with E-state index in [9.17, 15) is 4.79 Å². The third-order valence-corrected chi connectivity index (χ3v) is 1.13. The second-order valence-electron chi connectivity index (χ2n) is 2.27. The Kier molecular flexibility index (Phi) is 5.95. The Bertz CT molecular complexity index is 263. The number of aryl methyl sites for hydroxylation is 1. The summed E-state index contributed by atoms with van der Waals surface area (Å²) in [5.41, 5.74) is 1.04. The minimum atomic E-state index is -0.346. The summed E-state index contributed by atoms with van der Waals surface area (Å²) in [5.74, 6) is 0.00412. The molecule has 60 valence electrons. The molecule has 0 N–H and O–H groups in total. The molecule has 0 radical (unpaired) electrons. The molecule has 0 aliphatic carbocycles. The number of hydrogen-bond acceptors (Lipinski definition) is 3. The van der Waals surface area contributed by atoms with E-state index in [1.165, 1.54) is 6.92 Å². The molecule has 4 heteroatoms. The van der Waals surface area contributed by atoms with Crippen molar-refractivity contribution in [2.24, 2.45) is 0 Å². The maximum absolute atomic E-state index is 10.4. The van der Waals surface area contributed by atoms with E-state index >= 15 is 0 Å². The Hall–Kier alpha value is 0.256. The number of carbonyl (C=O) groups is 1. The third-order valence-electron chi connectivity index (χ3n) is 1.13. The van der Waals surface area contributed by atoms with E-state index in [-0.39, 0.29) is 58.8 Å². The molecule has 0 saturated carbocycles. The minimum Gasteiger partial charge on any atom is -1.00 e. The standard InChI is InChI=1S/C8H9NO2.K.H/c1-6-3-4-8(9-5-6)11-7(2)10;;/h3-5H,1-2H3;;/q;+1;-1. The number of rotatable bonds is 1. The van der Waals surface area contributed by atoms with Crippen molar-refractivity contribution in [3.05, 3.63) is 23.9 Å². The van der Waals surface area contributed by atoms with E-state index < -0.39 is 0 Å². The normalized spacial score (nSPS) is 8.50. The third kappa shape index (κ3) is 4.32. The first kappa shape index (κ1) is 12.3. The van der Waals surface area contributed by atoms with E-state index in [0.717, 1.165) is 5.56 Å². The van der Waals surface area contributed by atoms with Gasteiger partial charge in [0, 0.05) is 19.2 Å². The molecule has 0 aliphatic rings. The van der Waals surface area contributed by atoms with E-state index in [0.29, 0.717) is 5.88 Å². The van der Waals surface area contributed by atoms with Crippen LogP contribution in [0.1, 0.15) is 13.9 Å². The van der Waals surface area contributed by atoms with Gasteiger partial charge in [0.05, 0.1) is 0 Å². The minimum absolute atomic E-state index is 0. The predicted molar refractivity (Wildman–Crippen MR) is 41.4 cm³/mol. The van der Waals surface area contributed by atoms with Gasteiger partial charge in [-0.25, -0.2) is 4.98 Å². The summed E-state index contributed by atoms with van der Waals surface area (Å²) < 4.78 is 4.72. The van der Waals surface area contributed by atoms with Crippen molar-refractivity contribution in [2.45, 2.75) is 13.8 Å². The van der Waals surface area contributed by atoms with Crippen LogP contribution in [-0.2, 0) is 4.79 Å². The van der Waals surface area contributed by atoms with E-state index in [4.69, 9.17) is 4.74 Å². The average molecular weight is 191 g/mol. The molecule has 3 nitrogen and oxygen atoms in total. The summed E-state index contributed by atoms with van der Waals surface area (Å²) >= 11 is 0. The fraction of sp³-hybridized carbons (Fsp3) is 0.250. The SMILES string of the molecule is CC(=O)Oc1ccc(C)cn1.[H-].[K+]. The topological polar surface area (TPSA) is 39.2 Å². The van der Waals surface area contributed by atoms with Crippen molar-refractivity contribution in [3.63, 3.8) is 0 Å². The zero-order valence-corrected chi connectivity index (χ0v) is 10.6. The number of esters is 1. The van der Waals surface area contributed by atoms with Crippen molar-refractivity contribution in [3.8, 4) is 5.88 Å². The summed E-state index contributed by atoms with van der Waals surface area (Å²) in [6.45, 7) is 3.27. The molecule has 0 fully saturated rings. The van der Waals surface area contributed by atoms with E-state index in [1.807, 2.05) is 13.0 Å². The molecular formula is C8H10KNO2. The molecule has 0 atom stereocenters. The summed E-state index contributed by atoms with van der Waals surface area (Å²) in [7, 11) is 0. The van der Waals surface area contributed by atoms with Crippen LogP contribution in [-0.4, -0.2) is 11.0 Å². The monoisotopic (exact) mass is 191 g/mol. The molecule has 1 aromatic rings. The first-order valence-corrected chi connectivity index (χ1v) is 3.29. The number of nitrogens with zero attached hydrogens (tertiary/aromatic N) is 1. The Labute approximate surface area is 115 Å². The van der Waals surface area contributed by atoms with Gasteiger partial charge < -0.3 is 6.16 Å². The molecule has 0 unspecified atom stereocenters. The number of pyridine rings is 1. The average Bonchev–Trinajstić information content (AvgIpc) is 1.93. The zero-order chi connectivity index (χ0) is 8.27. The van der Waals surface area contributed by atoms with Crippen LogP contribution in [0.4, 0.5) is 0 Å². The van der Waals surface area contributed by atoms with Crippen molar-refractivity contribution in [1.82, 2.24) is 4.98 Å². The van der Waals surface area contributed by atoms with Crippen molar-refractivity contribution >= 4 is 5.97 Å². The number of carbonyl (C=O) groups excluding carboxylic acids is 1. The van der Waals surface area contributed by atoms with Gasteiger partial charge in [0.1, 0.15) is 0 Å². The Morgan fingerprint density at radius 1 is 1.58 bits per heavy atom. The van der Waals surface area contributed by atoms with Crippen molar-refractivity contribution < 1.29 is 62.3 Å². The molecule has 1 heterocycles. The number of aromatic nitrogens is 1.